The summed E-state index contributed by atoms with van der Waals surface area (Å²) in [6, 6.07) is 9.32. The van der Waals surface area contributed by atoms with Gasteiger partial charge in [-0.2, -0.15) is 0 Å². The molecule has 0 unspecified atom stereocenters. The molecule has 0 spiro atoms. The smallest absolute Gasteiger partial charge is 0.279 e. The molecule has 0 saturated heterocycles. The van der Waals surface area contributed by atoms with E-state index in [1.165, 1.54) is 41.0 Å². The van der Waals surface area contributed by atoms with Crippen molar-refractivity contribution in [2.24, 2.45) is 0 Å². The molecule has 0 saturated carbocycles. The molecule has 1 aliphatic carbocycles. The maximum atomic E-state index is 12.3. The van der Waals surface area contributed by atoms with E-state index in [9.17, 15) is 9.59 Å². The van der Waals surface area contributed by atoms with Gasteiger partial charge in [-0.05, 0) is 49.4 Å². The zero-order valence-electron chi connectivity index (χ0n) is 14.2. The van der Waals surface area contributed by atoms with Crippen LogP contribution in [-0.4, -0.2) is 17.0 Å². The number of para-hydroxylation sites is 1. The highest BCUT2D eigenvalue weighted by molar-refractivity contribution is 7.14. The van der Waals surface area contributed by atoms with E-state index < -0.39 is 0 Å². The molecule has 0 bridgehead atoms. The third-order valence-corrected chi connectivity index (χ3v) is 5.80. The minimum Gasteiger partial charge on any atom is -0.356 e. The first-order valence-corrected chi connectivity index (χ1v) is 9.56. The van der Waals surface area contributed by atoms with Crippen LogP contribution in [0.25, 0.3) is 11.0 Å². The van der Waals surface area contributed by atoms with E-state index in [1.807, 2.05) is 24.3 Å². The Kier molecular flexibility index (Phi) is 4.71. The molecule has 2 aromatic heterocycles. The highest BCUT2D eigenvalue weighted by Crippen LogP contribution is 2.28. The Labute approximate surface area is 154 Å². The molecule has 134 valence electrons. The number of hydrazine groups is 1. The second-order valence-electron chi connectivity index (χ2n) is 6.42. The number of aryl methyl sites for hydroxylation is 2. The first-order chi connectivity index (χ1) is 12.7. The lowest BCUT2D eigenvalue weighted by atomic mass is 10.1. The van der Waals surface area contributed by atoms with Crippen LogP contribution in [0.15, 0.2) is 34.9 Å². The van der Waals surface area contributed by atoms with Gasteiger partial charge in [-0.25, -0.2) is 0 Å². The minimum atomic E-state index is -0.337. The minimum absolute atomic E-state index is 0.0399. The Hall–Kier alpha value is -2.67. The van der Waals surface area contributed by atoms with Gasteiger partial charge in [0.15, 0.2) is 5.58 Å². The second-order valence-corrected chi connectivity index (χ2v) is 7.56. The largest absolute Gasteiger partial charge is 0.356 e. The summed E-state index contributed by atoms with van der Waals surface area (Å²) in [5.74, 6) is -0.614. The Morgan fingerprint density at radius 2 is 1.96 bits per heavy atom. The van der Waals surface area contributed by atoms with Crippen LogP contribution in [0.4, 0.5) is 0 Å². The van der Waals surface area contributed by atoms with Crippen molar-refractivity contribution in [2.75, 3.05) is 0 Å². The number of carbonyl (C=O) groups is 2. The standard InChI is InChI=1S/C19H19N3O3S/c23-18(11-14-13-7-4-5-8-15(13)25-22-14)20-21-19(24)17-10-12-6-2-1-3-9-16(12)26-17/h4-5,7-8,10H,1-3,6,9,11H2,(H,20,23)(H,21,24). The molecule has 0 atom stereocenters. The summed E-state index contributed by atoms with van der Waals surface area (Å²) in [4.78, 5) is 26.4. The summed E-state index contributed by atoms with van der Waals surface area (Å²) in [6.45, 7) is 0. The normalized spacial score (nSPS) is 13.8. The number of hydrogen-bond acceptors (Lipinski definition) is 5. The van der Waals surface area contributed by atoms with Gasteiger partial charge in [0.25, 0.3) is 5.91 Å². The van der Waals surface area contributed by atoms with Crippen molar-refractivity contribution in [3.8, 4) is 0 Å². The van der Waals surface area contributed by atoms with Gasteiger partial charge >= 0.3 is 0 Å². The van der Waals surface area contributed by atoms with Crippen LogP contribution in [0.3, 0.4) is 0 Å². The van der Waals surface area contributed by atoms with E-state index in [2.05, 4.69) is 16.0 Å². The zero-order chi connectivity index (χ0) is 17.9. The summed E-state index contributed by atoms with van der Waals surface area (Å²) in [7, 11) is 0. The first-order valence-electron chi connectivity index (χ1n) is 8.75. The van der Waals surface area contributed by atoms with Crippen LogP contribution in [0.2, 0.25) is 0 Å². The summed E-state index contributed by atoms with van der Waals surface area (Å²) >= 11 is 1.52. The van der Waals surface area contributed by atoms with Gasteiger partial charge in [-0.3, -0.25) is 20.4 Å². The Morgan fingerprint density at radius 1 is 1.12 bits per heavy atom. The molecule has 7 heteroatoms. The summed E-state index contributed by atoms with van der Waals surface area (Å²) in [5, 5.41) is 4.73. The van der Waals surface area contributed by atoms with Gasteiger partial charge in [-0.15, -0.1) is 11.3 Å². The molecule has 6 nitrogen and oxygen atoms in total. The van der Waals surface area contributed by atoms with E-state index in [-0.39, 0.29) is 18.2 Å². The van der Waals surface area contributed by atoms with Crippen molar-refractivity contribution in [3.63, 3.8) is 0 Å². The monoisotopic (exact) mass is 369 g/mol. The molecular formula is C19H19N3O3S. The molecule has 2 heterocycles. The summed E-state index contributed by atoms with van der Waals surface area (Å²) in [5.41, 5.74) is 7.43. The predicted molar refractivity (Wildman–Crippen MR) is 98.9 cm³/mol. The molecule has 2 N–H and O–H groups in total. The molecule has 1 aliphatic rings. The first kappa shape index (κ1) is 16.8. The summed E-state index contributed by atoms with van der Waals surface area (Å²) in [6.07, 6.45) is 5.71. The molecule has 1 aromatic carbocycles. The van der Waals surface area contributed by atoms with Gasteiger partial charge in [-0.1, -0.05) is 23.7 Å². The Balaban J connectivity index is 1.36. The third-order valence-electron chi connectivity index (χ3n) is 4.57. The lowest BCUT2D eigenvalue weighted by Crippen LogP contribution is -2.42. The van der Waals surface area contributed by atoms with E-state index in [1.54, 1.807) is 6.07 Å². The predicted octanol–water partition coefficient (Wildman–Crippen LogP) is 3.16. The van der Waals surface area contributed by atoms with E-state index in [0.717, 1.165) is 18.2 Å². The SMILES string of the molecule is O=C(Cc1noc2ccccc12)NNC(=O)c1cc2c(s1)CCCCC2. The molecule has 2 amide bonds. The lowest BCUT2D eigenvalue weighted by Gasteiger charge is -2.05. The Bertz CT molecular complexity index is 937. The van der Waals surface area contributed by atoms with Crippen molar-refractivity contribution >= 4 is 34.1 Å². The van der Waals surface area contributed by atoms with E-state index in [4.69, 9.17) is 4.52 Å². The van der Waals surface area contributed by atoms with Crippen LogP contribution < -0.4 is 10.9 Å². The fourth-order valence-corrected chi connectivity index (χ4v) is 4.38. The maximum absolute atomic E-state index is 12.3. The van der Waals surface area contributed by atoms with Gasteiger partial charge in [0.1, 0.15) is 5.69 Å². The van der Waals surface area contributed by atoms with Crippen molar-refractivity contribution in [1.29, 1.82) is 0 Å². The topological polar surface area (TPSA) is 84.2 Å². The number of amides is 2. The number of aromatic nitrogens is 1. The van der Waals surface area contributed by atoms with Crippen molar-refractivity contribution in [1.82, 2.24) is 16.0 Å². The lowest BCUT2D eigenvalue weighted by molar-refractivity contribution is -0.121. The van der Waals surface area contributed by atoms with Crippen molar-refractivity contribution in [2.45, 2.75) is 38.5 Å². The van der Waals surface area contributed by atoms with Crippen LogP contribution in [0.1, 0.15) is 45.1 Å². The molecule has 26 heavy (non-hydrogen) atoms. The van der Waals surface area contributed by atoms with Crippen LogP contribution in [0.5, 0.6) is 0 Å². The number of thiophene rings is 1. The molecular weight excluding hydrogens is 350 g/mol. The molecule has 4 rings (SSSR count). The zero-order valence-corrected chi connectivity index (χ0v) is 15.0. The van der Waals surface area contributed by atoms with Crippen LogP contribution in [-0.2, 0) is 24.1 Å². The number of fused-ring (bicyclic) bond motifs is 2. The molecule has 0 radical (unpaired) electrons. The van der Waals surface area contributed by atoms with E-state index in [0.29, 0.717) is 16.2 Å². The highest BCUT2D eigenvalue weighted by atomic mass is 32.1. The number of nitrogens with zero attached hydrogens (tertiary/aromatic N) is 1. The maximum Gasteiger partial charge on any atom is 0.279 e. The number of hydrogen-bond donors (Lipinski definition) is 2. The van der Waals surface area contributed by atoms with Gasteiger partial charge in [0.2, 0.25) is 5.91 Å². The second kappa shape index (κ2) is 7.29. The number of rotatable bonds is 3. The van der Waals surface area contributed by atoms with E-state index >= 15 is 0 Å². The van der Waals surface area contributed by atoms with Crippen molar-refractivity contribution < 1.29 is 14.1 Å². The molecule has 3 aromatic rings. The van der Waals surface area contributed by atoms with Crippen LogP contribution >= 0.6 is 11.3 Å². The molecule has 0 fully saturated rings. The number of carbonyl (C=O) groups excluding carboxylic acids is 2. The van der Waals surface area contributed by atoms with Gasteiger partial charge < -0.3 is 4.52 Å². The average molecular weight is 369 g/mol. The average Bonchev–Trinajstić information content (AvgIpc) is 3.18. The van der Waals surface area contributed by atoms with Crippen molar-refractivity contribution in [3.05, 3.63) is 51.3 Å². The van der Waals surface area contributed by atoms with Crippen LogP contribution in [0, 0.1) is 0 Å². The Morgan fingerprint density at radius 3 is 2.88 bits per heavy atom. The van der Waals surface area contributed by atoms with Gasteiger partial charge in [0, 0.05) is 10.3 Å². The fourth-order valence-electron chi connectivity index (χ4n) is 3.23. The highest BCUT2D eigenvalue weighted by Gasteiger charge is 2.17. The third kappa shape index (κ3) is 3.48. The van der Waals surface area contributed by atoms with Gasteiger partial charge in [0.05, 0.1) is 11.3 Å². The number of benzene rings is 1. The number of nitrogens with one attached hydrogen (secondary N) is 2. The molecule has 0 aliphatic heterocycles. The quantitative estimate of drug-likeness (QED) is 0.549. The fraction of sp³-hybridized carbons (Fsp3) is 0.316. The summed E-state index contributed by atoms with van der Waals surface area (Å²) < 4.78 is 5.19.